The summed E-state index contributed by atoms with van der Waals surface area (Å²) in [5, 5.41) is 0. The zero-order chi connectivity index (χ0) is 19.0. The number of fused-ring (bicyclic) bond motifs is 4. The van der Waals surface area contributed by atoms with Crippen LogP contribution in [0.5, 0.6) is 5.75 Å². The van der Waals surface area contributed by atoms with E-state index in [9.17, 15) is 13.6 Å². The summed E-state index contributed by atoms with van der Waals surface area (Å²) in [6.45, 7) is -2.89. The number of amides is 1. The number of aromatic nitrogens is 2. The minimum Gasteiger partial charge on any atom is -0.435 e. The lowest BCUT2D eigenvalue weighted by molar-refractivity contribution is -0.134. The molecule has 0 saturated carbocycles. The number of benzene rings is 1. The van der Waals surface area contributed by atoms with Gasteiger partial charge < -0.3 is 9.64 Å². The van der Waals surface area contributed by atoms with Gasteiger partial charge in [0.15, 0.2) is 0 Å². The molecule has 2 bridgehead atoms. The van der Waals surface area contributed by atoms with Crippen LogP contribution in [0.4, 0.5) is 8.78 Å². The summed E-state index contributed by atoms with van der Waals surface area (Å²) in [5.41, 5.74) is 2.65. The number of hydrogen-bond donors (Lipinski definition) is 0. The molecule has 2 aliphatic heterocycles. The van der Waals surface area contributed by atoms with Crippen molar-refractivity contribution in [3.05, 3.63) is 52.0 Å². The van der Waals surface area contributed by atoms with Crippen LogP contribution in [0.1, 0.15) is 42.1 Å². The van der Waals surface area contributed by atoms with E-state index in [0.29, 0.717) is 12.0 Å². The van der Waals surface area contributed by atoms with E-state index in [2.05, 4.69) is 30.6 Å². The summed E-state index contributed by atoms with van der Waals surface area (Å²) in [6, 6.07) is 5.04. The maximum Gasteiger partial charge on any atom is 0.387 e. The molecule has 0 aliphatic carbocycles. The summed E-state index contributed by atoms with van der Waals surface area (Å²) in [4.78, 5) is 23.4. The fourth-order valence-corrected chi connectivity index (χ4v) is 4.54. The second-order valence-electron chi connectivity index (χ2n) is 6.81. The Bertz CT molecular complexity index is 865. The number of carbonyl (C=O) groups is 1. The van der Waals surface area contributed by atoms with E-state index < -0.39 is 6.61 Å². The lowest BCUT2D eigenvalue weighted by Crippen LogP contribution is -2.42. The molecular weight excluding hydrogens is 420 g/mol. The van der Waals surface area contributed by atoms with Crippen molar-refractivity contribution >= 4 is 21.8 Å². The van der Waals surface area contributed by atoms with Gasteiger partial charge in [-0.05, 0) is 43.0 Å². The van der Waals surface area contributed by atoms with Gasteiger partial charge in [-0.25, -0.2) is 9.97 Å². The lowest BCUT2D eigenvalue weighted by atomic mass is 9.98. The van der Waals surface area contributed by atoms with E-state index in [1.165, 1.54) is 6.07 Å². The first kappa shape index (κ1) is 18.3. The largest absolute Gasteiger partial charge is 0.435 e. The summed E-state index contributed by atoms with van der Waals surface area (Å²) in [7, 11) is 0. The van der Waals surface area contributed by atoms with Crippen LogP contribution in [-0.4, -0.2) is 33.4 Å². The number of ether oxygens (including phenoxy) is 1. The van der Waals surface area contributed by atoms with Crippen molar-refractivity contribution in [1.29, 1.82) is 0 Å². The van der Waals surface area contributed by atoms with Gasteiger partial charge in [0.05, 0.1) is 11.7 Å². The van der Waals surface area contributed by atoms with Gasteiger partial charge in [-0.3, -0.25) is 4.79 Å². The van der Waals surface area contributed by atoms with Gasteiger partial charge in [0.25, 0.3) is 0 Å². The standard InChI is InChI=1S/C19H18BrF2N3O2/c20-12-2-5-17(27-19(21)22)11(7-12)1-6-18(26)25-13-3-4-16(25)14-9-23-10-24-15(14)8-13/h2,5,7,9-10,13,16,19H,1,3-4,6,8H2. The van der Waals surface area contributed by atoms with Crippen molar-refractivity contribution < 1.29 is 18.3 Å². The Hall–Kier alpha value is -2.09. The van der Waals surface area contributed by atoms with Crippen LogP contribution in [0, 0.1) is 0 Å². The van der Waals surface area contributed by atoms with Gasteiger partial charge in [-0.2, -0.15) is 8.78 Å². The Kier molecular flexibility index (Phi) is 5.08. The van der Waals surface area contributed by atoms with Crippen LogP contribution in [0.15, 0.2) is 35.2 Å². The number of halogens is 3. The second kappa shape index (κ2) is 7.50. The highest BCUT2D eigenvalue weighted by Gasteiger charge is 2.42. The molecule has 1 saturated heterocycles. The molecule has 3 heterocycles. The van der Waals surface area contributed by atoms with E-state index >= 15 is 0 Å². The first-order valence-electron chi connectivity index (χ1n) is 8.86. The first-order chi connectivity index (χ1) is 13.0. The molecule has 2 aliphatic rings. The molecule has 2 unspecified atom stereocenters. The molecule has 0 spiro atoms. The molecule has 2 atom stereocenters. The molecule has 142 valence electrons. The molecule has 27 heavy (non-hydrogen) atoms. The number of rotatable bonds is 5. The third-order valence-corrected chi connectivity index (χ3v) is 5.75. The molecule has 1 aromatic carbocycles. The van der Waals surface area contributed by atoms with Crippen LogP contribution in [0.25, 0.3) is 0 Å². The van der Waals surface area contributed by atoms with Crippen LogP contribution in [0.2, 0.25) is 0 Å². The second-order valence-corrected chi connectivity index (χ2v) is 7.72. The number of hydrogen-bond acceptors (Lipinski definition) is 4. The molecule has 1 amide bonds. The molecule has 5 nitrogen and oxygen atoms in total. The number of nitrogens with zero attached hydrogens (tertiary/aromatic N) is 3. The first-order valence-corrected chi connectivity index (χ1v) is 9.65. The van der Waals surface area contributed by atoms with Crippen molar-refractivity contribution in [3.8, 4) is 5.75 Å². The molecule has 1 fully saturated rings. The minimum absolute atomic E-state index is 0.0201. The zero-order valence-electron chi connectivity index (χ0n) is 14.4. The Morgan fingerprint density at radius 1 is 1.37 bits per heavy atom. The van der Waals surface area contributed by atoms with Crippen LogP contribution < -0.4 is 4.74 Å². The van der Waals surface area contributed by atoms with Gasteiger partial charge in [0.1, 0.15) is 12.1 Å². The van der Waals surface area contributed by atoms with Gasteiger partial charge in [0.2, 0.25) is 5.91 Å². The molecule has 2 aromatic rings. The minimum atomic E-state index is -2.89. The van der Waals surface area contributed by atoms with Crippen molar-refractivity contribution in [2.75, 3.05) is 0 Å². The fourth-order valence-electron chi connectivity index (χ4n) is 4.13. The van der Waals surface area contributed by atoms with Crippen LogP contribution >= 0.6 is 15.9 Å². The average molecular weight is 438 g/mol. The lowest BCUT2D eigenvalue weighted by Gasteiger charge is -2.35. The Labute approximate surface area is 163 Å². The number of carbonyl (C=O) groups excluding carboxylic acids is 1. The van der Waals surface area contributed by atoms with E-state index in [4.69, 9.17) is 0 Å². The van der Waals surface area contributed by atoms with E-state index in [-0.39, 0.29) is 30.2 Å². The summed E-state index contributed by atoms with van der Waals surface area (Å²) >= 11 is 3.34. The van der Waals surface area contributed by atoms with E-state index in [0.717, 1.165) is 35.0 Å². The van der Waals surface area contributed by atoms with Gasteiger partial charge in [-0.1, -0.05) is 15.9 Å². The molecule has 0 radical (unpaired) electrons. The van der Waals surface area contributed by atoms with Crippen LogP contribution in [-0.2, 0) is 17.6 Å². The quantitative estimate of drug-likeness (QED) is 0.707. The normalized spacial score (nSPS) is 20.7. The van der Waals surface area contributed by atoms with Gasteiger partial charge in [-0.15, -0.1) is 0 Å². The van der Waals surface area contributed by atoms with E-state index in [1.807, 2.05) is 4.90 Å². The smallest absolute Gasteiger partial charge is 0.387 e. The number of alkyl halides is 2. The highest BCUT2D eigenvalue weighted by Crippen LogP contribution is 2.43. The van der Waals surface area contributed by atoms with Gasteiger partial charge in [0, 0.05) is 35.1 Å². The maximum atomic E-state index is 12.9. The molecule has 4 rings (SSSR count). The third-order valence-electron chi connectivity index (χ3n) is 5.25. The Balaban J connectivity index is 1.49. The fraction of sp³-hybridized carbons (Fsp3) is 0.421. The molecule has 8 heteroatoms. The Morgan fingerprint density at radius 2 is 2.22 bits per heavy atom. The SMILES string of the molecule is O=C(CCc1cc(Br)ccc1OC(F)F)N1C2CCC1c1cncnc1C2. The Morgan fingerprint density at radius 3 is 3.04 bits per heavy atom. The summed E-state index contributed by atoms with van der Waals surface area (Å²) in [5.74, 6) is 0.140. The van der Waals surface area contributed by atoms with E-state index in [1.54, 1.807) is 24.7 Å². The number of aryl methyl sites for hydroxylation is 1. The van der Waals surface area contributed by atoms with Crippen molar-refractivity contribution in [2.24, 2.45) is 0 Å². The maximum absolute atomic E-state index is 12.9. The highest BCUT2D eigenvalue weighted by molar-refractivity contribution is 9.10. The third kappa shape index (κ3) is 3.67. The van der Waals surface area contributed by atoms with Crippen LogP contribution in [0.3, 0.4) is 0 Å². The van der Waals surface area contributed by atoms with Crippen molar-refractivity contribution in [2.45, 2.75) is 50.8 Å². The predicted octanol–water partition coefficient (Wildman–Crippen LogP) is 4.06. The highest BCUT2D eigenvalue weighted by atomic mass is 79.9. The average Bonchev–Trinajstić information content (AvgIpc) is 2.96. The monoisotopic (exact) mass is 437 g/mol. The molecule has 1 aromatic heterocycles. The van der Waals surface area contributed by atoms with Crippen molar-refractivity contribution in [3.63, 3.8) is 0 Å². The predicted molar refractivity (Wildman–Crippen MR) is 97.4 cm³/mol. The molecular formula is C19H18BrF2N3O2. The van der Waals surface area contributed by atoms with Crippen molar-refractivity contribution in [1.82, 2.24) is 14.9 Å². The molecule has 0 N–H and O–H groups in total. The topological polar surface area (TPSA) is 55.3 Å². The zero-order valence-corrected chi connectivity index (χ0v) is 16.0. The summed E-state index contributed by atoms with van der Waals surface area (Å²) < 4.78 is 30.6. The summed E-state index contributed by atoms with van der Waals surface area (Å²) in [6.07, 6.45) is 6.54. The van der Waals surface area contributed by atoms with Gasteiger partial charge >= 0.3 is 6.61 Å².